The monoisotopic (exact) mass is 430 g/mol. The van der Waals surface area contributed by atoms with Crippen LogP contribution in [-0.2, 0) is 22.4 Å². The van der Waals surface area contributed by atoms with Crippen LogP contribution in [0.5, 0.6) is 0 Å². The van der Waals surface area contributed by atoms with E-state index >= 15 is 0 Å². The number of hydrogen-bond acceptors (Lipinski definition) is 6. The molecule has 2 aromatic carbocycles. The number of amides is 2. The maximum atomic E-state index is 11.6. The zero-order chi connectivity index (χ0) is 22.1. The highest BCUT2D eigenvalue weighted by Gasteiger charge is 2.31. The van der Waals surface area contributed by atoms with Crippen LogP contribution in [0, 0.1) is 6.92 Å². The molecule has 32 heavy (non-hydrogen) atoms. The fraction of sp³-hybridized carbons (Fsp3) is 0.240. The van der Waals surface area contributed by atoms with Gasteiger partial charge in [0.1, 0.15) is 17.1 Å². The topological polar surface area (TPSA) is 94.6 Å². The molecule has 2 amide bonds. The van der Waals surface area contributed by atoms with E-state index in [-0.39, 0.29) is 5.91 Å². The van der Waals surface area contributed by atoms with Gasteiger partial charge in [0.05, 0.1) is 12.1 Å². The van der Waals surface area contributed by atoms with Crippen molar-refractivity contribution in [2.45, 2.75) is 38.7 Å². The number of carbonyl (C=O) groups excluding carboxylic acids is 2. The molecule has 5 rings (SSSR count). The Hall–Kier alpha value is -3.87. The van der Waals surface area contributed by atoms with Gasteiger partial charge >= 0.3 is 6.09 Å². The van der Waals surface area contributed by atoms with Crippen molar-refractivity contribution in [1.29, 1.82) is 0 Å². The van der Waals surface area contributed by atoms with Gasteiger partial charge in [-0.25, -0.2) is 9.78 Å². The molecule has 0 bridgehead atoms. The van der Waals surface area contributed by atoms with E-state index in [1.807, 2.05) is 55.5 Å². The number of imide groups is 1. The lowest BCUT2D eigenvalue weighted by atomic mass is 10.0. The number of carbonyl (C=O) groups is 2. The molecule has 7 heteroatoms. The van der Waals surface area contributed by atoms with Crippen LogP contribution in [0.1, 0.15) is 35.6 Å². The van der Waals surface area contributed by atoms with Crippen molar-refractivity contribution in [2.75, 3.05) is 0 Å². The third kappa shape index (κ3) is 4.14. The van der Waals surface area contributed by atoms with E-state index in [1.54, 1.807) is 0 Å². The van der Waals surface area contributed by atoms with Crippen LogP contribution in [0.25, 0.3) is 22.4 Å². The SMILES string of the molecule is Cc1oc(-c2ccccc2)nc1Cc1cc2cc(CCCC3OC(=O)NC3=O)ccc2o1. The smallest absolute Gasteiger partial charge is 0.414 e. The highest BCUT2D eigenvalue weighted by Crippen LogP contribution is 2.27. The third-order valence-corrected chi connectivity index (χ3v) is 5.59. The van der Waals surface area contributed by atoms with Crippen molar-refractivity contribution in [3.63, 3.8) is 0 Å². The molecule has 4 aromatic rings. The van der Waals surface area contributed by atoms with Gasteiger partial charge in [-0.3, -0.25) is 10.1 Å². The number of fused-ring (bicyclic) bond motifs is 1. The number of furan rings is 1. The lowest BCUT2D eigenvalue weighted by Crippen LogP contribution is -2.24. The van der Waals surface area contributed by atoms with Crippen LogP contribution < -0.4 is 5.32 Å². The van der Waals surface area contributed by atoms with E-state index < -0.39 is 12.2 Å². The minimum absolute atomic E-state index is 0.358. The zero-order valence-corrected chi connectivity index (χ0v) is 17.6. The second-order valence-electron chi connectivity index (χ2n) is 7.93. The van der Waals surface area contributed by atoms with Crippen molar-refractivity contribution in [3.05, 3.63) is 77.4 Å². The molecule has 0 aliphatic carbocycles. The second-order valence-corrected chi connectivity index (χ2v) is 7.93. The largest absolute Gasteiger partial charge is 0.461 e. The normalized spacial score (nSPS) is 15.8. The van der Waals surface area contributed by atoms with Crippen molar-refractivity contribution in [3.8, 4) is 11.5 Å². The number of nitrogens with one attached hydrogen (secondary N) is 1. The van der Waals surface area contributed by atoms with Crippen molar-refractivity contribution < 1.29 is 23.2 Å². The minimum atomic E-state index is -0.682. The molecule has 1 aliphatic rings. The summed E-state index contributed by atoms with van der Waals surface area (Å²) in [7, 11) is 0. The molecule has 7 nitrogen and oxygen atoms in total. The Morgan fingerprint density at radius 3 is 2.66 bits per heavy atom. The quantitative estimate of drug-likeness (QED) is 0.446. The van der Waals surface area contributed by atoms with Crippen molar-refractivity contribution in [1.82, 2.24) is 10.3 Å². The van der Waals surface area contributed by atoms with Gasteiger partial charge in [-0.1, -0.05) is 24.3 Å². The number of hydrogen-bond donors (Lipinski definition) is 1. The molecule has 1 unspecified atom stereocenters. The molecule has 0 saturated carbocycles. The molecule has 3 heterocycles. The summed E-state index contributed by atoms with van der Waals surface area (Å²) in [6.07, 6.45) is 1.22. The van der Waals surface area contributed by atoms with Crippen LogP contribution in [-0.4, -0.2) is 23.1 Å². The fourth-order valence-corrected chi connectivity index (χ4v) is 3.93. The first-order chi connectivity index (χ1) is 15.5. The zero-order valence-electron chi connectivity index (χ0n) is 17.6. The molecule has 1 atom stereocenters. The van der Waals surface area contributed by atoms with E-state index in [1.165, 1.54) is 0 Å². The van der Waals surface area contributed by atoms with E-state index in [9.17, 15) is 9.59 Å². The number of ether oxygens (including phenoxy) is 1. The van der Waals surface area contributed by atoms with E-state index in [0.29, 0.717) is 18.7 Å². The van der Waals surface area contributed by atoms with Crippen LogP contribution >= 0.6 is 0 Å². The molecule has 0 radical (unpaired) electrons. The Bertz CT molecular complexity index is 1290. The van der Waals surface area contributed by atoms with Gasteiger partial charge in [-0.05, 0) is 62.1 Å². The molecule has 1 fully saturated rings. The molecule has 0 spiro atoms. The Morgan fingerprint density at radius 2 is 1.88 bits per heavy atom. The molecule has 1 N–H and O–H groups in total. The predicted octanol–water partition coefficient (Wildman–Crippen LogP) is 4.94. The van der Waals surface area contributed by atoms with Crippen molar-refractivity contribution in [2.24, 2.45) is 0 Å². The van der Waals surface area contributed by atoms with Gasteiger partial charge in [0.15, 0.2) is 6.10 Å². The Labute approximate surface area is 184 Å². The summed E-state index contributed by atoms with van der Waals surface area (Å²) in [5, 5.41) is 3.17. The fourth-order valence-electron chi connectivity index (χ4n) is 3.93. The van der Waals surface area contributed by atoms with Crippen LogP contribution in [0.4, 0.5) is 4.79 Å². The average Bonchev–Trinajstić information content (AvgIpc) is 3.45. The van der Waals surface area contributed by atoms with E-state index in [0.717, 1.165) is 52.2 Å². The van der Waals surface area contributed by atoms with E-state index in [4.69, 9.17) is 13.6 Å². The highest BCUT2D eigenvalue weighted by molar-refractivity contribution is 5.99. The Kier molecular flexibility index (Phi) is 5.23. The van der Waals surface area contributed by atoms with E-state index in [2.05, 4.69) is 16.4 Å². The van der Waals surface area contributed by atoms with Gasteiger partial charge in [0.25, 0.3) is 5.91 Å². The number of alkyl carbamates (subject to hydrolysis) is 1. The summed E-state index contributed by atoms with van der Waals surface area (Å²) in [6.45, 7) is 1.91. The van der Waals surface area contributed by atoms with Gasteiger partial charge in [0, 0.05) is 10.9 Å². The average molecular weight is 430 g/mol. The number of oxazole rings is 1. The van der Waals surface area contributed by atoms with Gasteiger partial charge in [-0.15, -0.1) is 0 Å². The summed E-state index contributed by atoms with van der Waals surface area (Å²) >= 11 is 0. The Balaban J connectivity index is 1.26. The number of benzene rings is 2. The highest BCUT2D eigenvalue weighted by atomic mass is 16.6. The molecule has 1 saturated heterocycles. The summed E-state index contributed by atoms with van der Waals surface area (Å²) in [5.41, 5.74) is 3.75. The first-order valence-electron chi connectivity index (χ1n) is 10.6. The molecular weight excluding hydrogens is 408 g/mol. The Morgan fingerprint density at radius 1 is 1.03 bits per heavy atom. The number of nitrogens with zero attached hydrogens (tertiary/aromatic N) is 1. The third-order valence-electron chi connectivity index (χ3n) is 5.59. The molecule has 162 valence electrons. The number of cyclic esters (lactones) is 1. The number of rotatable bonds is 7. The van der Waals surface area contributed by atoms with Gasteiger partial charge < -0.3 is 13.6 Å². The maximum Gasteiger partial charge on any atom is 0.414 e. The van der Waals surface area contributed by atoms with Crippen molar-refractivity contribution >= 4 is 23.0 Å². The first-order valence-corrected chi connectivity index (χ1v) is 10.6. The summed E-state index contributed by atoms with van der Waals surface area (Å²) < 4.78 is 16.8. The molecule has 2 aromatic heterocycles. The molecular formula is C25H22N2O5. The lowest BCUT2D eigenvalue weighted by molar-refractivity contribution is -0.123. The molecule has 1 aliphatic heterocycles. The lowest BCUT2D eigenvalue weighted by Gasteiger charge is -2.06. The predicted molar refractivity (Wildman–Crippen MR) is 117 cm³/mol. The number of aryl methyl sites for hydroxylation is 2. The van der Waals surface area contributed by atoms with Crippen LogP contribution in [0.15, 0.2) is 63.4 Å². The summed E-state index contributed by atoms with van der Waals surface area (Å²) in [5.74, 6) is 1.85. The number of aromatic nitrogens is 1. The summed E-state index contributed by atoms with van der Waals surface area (Å²) in [4.78, 5) is 27.3. The summed E-state index contributed by atoms with van der Waals surface area (Å²) in [6, 6.07) is 17.9. The van der Waals surface area contributed by atoms with Crippen LogP contribution in [0.2, 0.25) is 0 Å². The minimum Gasteiger partial charge on any atom is -0.461 e. The maximum absolute atomic E-state index is 11.6. The van der Waals surface area contributed by atoms with Gasteiger partial charge in [-0.2, -0.15) is 0 Å². The second kappa shape index (κ2) is 8.34. The van der Waals surface area contributed by atoms with Crippen LogP contribution in [0.3, 0.4) is 0 Å². The van der Waals surface area contributed by atoms with Gasteiger partial charge in [0.2, 0.25) is 5.89 Å². The standard InChI is InChI=1S/C25H22N2O5/c1-15-20(26-24(30-15)17-7-3-2-4-8-17)14-19-13-18-12-16(10-11-21(18)31-19)6-5-9-22-23(28)27-25(29)32-22/h2-4,7-8,10-13,22H,5-6,9,14H2,1H3,(H,27,28,29). The first kappa shape index (κ1) is 20.1.